The molecule has 1 aliphatic heterocycles. The highest BCUT2D eigenvalue weighted by Gasteiger charge is 2.55. The fourth-order valence-electron chi connectivity index (χ4n) is 3.07. The van der Waals surface area contributed by atoms with Gasteiger partial charge in [0.2, 0.25) is 11.9 Å². The average molecular weight is 537 g/mol. The van der Waals surface area contributed by atoms with E-state index in [0.29, 0.717) is 18.2 Å². The van der Waals surface area contributed by atoms with E-state index in [4.69, 9.17) is 0 Å². The fourth-order valence-corrected chi connectivity index (χ4v) is 3.07. The Kier molecular flexibility index (Phi) is 6.21. The summed E-state index contributed by atoms with van der Waals surface area (Å²) in [5.41, 5.74) is -6.59. The van der Waals surface area contributed by atoms with Crippen molar-refractivity contribution in [2.45, 2.75) is 24.1 Å². The summed E-state index contributed by atoms with van der Waals surface area (Å²) < 4.78 is 118. The molecule has 2 N–H and O–H groups in total. The molecular formula is C20H12F9N7O. The smallest absolute Gasteiger partial charge is 0.375 e. The maximum absolute atomic E-state index is 13.2. The molecule has 8 nitrogen and oxygen atoms in total. The van der Waals surface area contributed by atoms with Gasteiger partial charge in [-0.2, -0.15) is 54.5 Å². The lowest BCUT2D eigenvalue weighted by atomic mass is 10.1. The number of β-amino-alcohol motifs (C(OH)–C–C–N with tert-alkyl or cyclic N) is 1. The Labute approximate surface area is 200 Å². The van der Waals surface area contributed by atoms with Crippen LogP contribution in [-0.2, 0) is 12.4 Å². The van der Waals surface area contributed by atoms with Gasteiger partial charge in [0, 0.05) is 18.1 Å². The molecule has 0 bridgehead atoms. The Hall–Kier alpha value is -4.02. The quantitative estimate of drug-likeness (QED) is 0.461. The zero-order valence-electron chi connectivity index (χ0n) is 17.9. The number of alkyl halides is 9. The Morgan fingerprint density at radius 2 is 1.57 bits per heavy atom. The number of halogens is 9. The van der Waals surface area contributed by atoms with Crippen molar-refractivity contribution in [3.05, 3.63) is 60.2 Å². The number of rotatable bonds is 4. The van der Waals surface area contributed by atoms with E-state index in [1.807, 2.05) is 0 Å². The lowest BCUT2D eigenvalue weighted by Gasteiger charge is -2.26. The molecule has 196 valence electrons. The molecule has 0 saturated carbocycles. The number of aromatic nitrogens is 5. The van der Waals surface area contributed by atoms with Crippen molar-refractivity contribution in [1.82, 2.24) is 24.9 Å². The van der Waals surface area contributed by atoms with Crippen molar-refractivity contribution in [2.75, 3.05) is 16.8 Å². The molecule has 3 aromatic rings. The minimum Gasteiger partial charge on any atom is -0.375 e. The van der Waals surface area contributed by atoms with Crippen molar-refractivity contribution in [3.63, 3.8) is 0 Å². The van der Waals surface area contributed by atoms with Crippen molar-refractivity contribution in [3.8, 4) is 11.5 Å². The summed E-state index contributed by atoms with van der Waals surface area (Å²) in [6, 6.07) is 4.41. The second-order valence-corrected chi connectivity index (χ2v) is 7.61. The maximum atomic E-state index is 13.2. The number of nitrogens with zero attached hydrogens (tertiary/aromatic N) is 6. The number of aliphatic hydroxyl groups is 1. The topological polar surface area (TPSA) is 100.0 Å². The Morgan fingerprint density at radius 1 is 0.865 bits per heavy atom. The molecule has 37 heavy (non-hydrogen) atoms. The second kappa shape index (κ2) is 8.82. The molecule has 1 aliphatic rings. The zero-order chi connectivity index (χ0) is 27.2. The first-order chi connectivity index (χ1) is 17.0. The zero-order valence-corrected chi connectivity index (χ0v) is 17.9. The first-order valence-electron chi connectivity index (χ1n) is 9.91. The van der Waals surface area contributed by atoms with E-state index in [2.05, 4.69) is 30.2 Å². The number of hydrogen-bond acceptors (Lipinski definition) is 8. The Balaban J connectivity index is 1.78. The van der Waals surface area contributed by atoms with Crippen LogP contribution in [0.5, 0.6) is 0 Å². The van der Waals surface area contributed by atoms with Gasteiger partial charge >= 0.3 is 18.5 Å². The van der Waals surface area contributed by atoms with E-state index in [-0.39, 0.29) is 5.69 Å². The summed E-state index contributed by atoms with van der Waals surface area (Å²) in [4.78, 5) is 18.9. The molecule has 0 fully saturated rings. The molecule has 0 amide bonds. The third kappa shape index (κ3) is 5.55. The molecule has 4 heterocycles. The van der Waals surface area contributed by atoms with Gasteiger partial charge < -0.3 is 15.3 Å². The molecule has 0 aromatic carbocycles. The first kappa shape index (κ1) is 26.1. The minimum atomic E-state index is -5.08. The van der Waals surface area contributed by atoms with Crippen LogP contribution in [0.4, 0.5) is 57.1 Å². The molecule has 3 aromatic heterocycles. The van der Waals surface area contributed by atoms with Crippen LogP contribution in [0.25, 0.3) is 11.5 Å². The molecule has 0 unspecified atom stereocenters. The van der Waals surface area contributed by atoms with Gasteiger partial charge in [0.1, 0.15) is 17.1 Å². The van der Waals surface area contributed by atoms with Gasteiger partial charge in [-0.05, 0) is 30.3 Å². The van der Waals surface area contributed by atoms with Crippen molar-refractivity contribution >= 4 is 17.6 Å². The van der Waals surface area contributed by atoms with Crippen molar-refractivity contribution < 1.29 is 44.6 Å². The van der Waals surface area contributed by atoms with E-state index in [1.165, 1.54) is 0 Å². The predicted molar refractivity (Wildman–Crippen MR) is 108 cm³/mol. The van der Waals surface area contributed by atoms with Crippen LogP contribution in [0.2, 0.25) is 0 Å². The highest BCUT2D eigenvalue weighted by Crippen LogP contribution is 2.37. The van der Waals surface area contributed by atoms with Crippen molar-refractivity contribution in [1.29, 1.82) is 0 Å². The summed E-state index contributed by atoms with van der Waals surface area (Å²) in [6.45, 7) is -1.11. The average Bonchev–Trinajstić information content (AvgIpc) is 3.22. The lowest BCUT2D eigenvalue weighted by Crippen LogP contribution is -2.47. The normalized spacial score (nSPS) is 18.4. The lowest BCUT2D eigenvalue weighted by molar-refractivity contribution is -0.233. The van der Waals surface area contributed by atoms with Gasteiger partial charge in [-0.3, -0.25) is 4.98 Å². The number of pyridine rings is 2. The van der Waals surface area contributed by atoms with E-state index < -0.39 is 65.5 Å². The Morgan fingerprint density at radius 3 is 2.19 bits per heavy atom. The predicted octanol–water partition coefficient (Wildman–Crippen LogP) is 4.74. The molecule has 1 atom stereocenters. The van der Waals surface area contributed by atoms with Crippen LogP contribution in [0, 0.1) is 0 Å². The van der Waals surface area contributed by atoms with Crippen LogP contribution in [0.1, 0.15) is 11.4 Å². The number of nitrogens with one attached hydrogen (secondary N) is 1. The van der Waals surface area contributed by atoms with Gasteiger partial charge in [-0.15, -0.1) is 0 Å². The number of hydrogen-bond donors (Lipinski definition) is 2. The molecular weight excluding hydrogens is 525 g/mol. The van der Waals surface area contributed by atoms with E-state index in [1.54, 1.807) is 0 Å². The molecule has 17 heteroatoms. The molecule has 0 aliphatic carbocycles. The maximum Gasteiger partial charge on any atom is 0.433 e. The van der Waals surface area contributed by atoms with Crippen LogP contribution < -0.4 is 10.2 Å². The van der Waals surface area contributed by atoms with Gasteiger partial charge in [-0.25, -0.2) is 4.98 Å². The van der Waals surface area contributed by atoms with Crippen LogP contribution in [0.15, 0.2) is 48.8 Å². The van der Waals surface area contributed by atoms with Gasteiger partial charge in [-0.1, -0.05) is 6.07 Å². The third-order valence-corrected chi connectivity index (χ3v) is 4.89. The van der Waals surface area contributed by atoms with Gasteiger partial charge in [0.25, 0.3) is 0 Å². The fraction of sp³-hybridized carbons (Fsp3) is 0.250. The molecule has 0 radical (unpaired) electrons. The summed E-state index contributed by atoms with van der Waals surface area (Å²) in [5.74, 6) is -1.64. The SMILES string of the molecule is O[C@]1(C(F)(F)F)C=CN(c2nc(Nc3ccnc(C(F)(F)F)c3)nc(-c3cccc(C(F)(F)F)n3)n2)C1. The van der Waals surface area contributed by atoms with Crippen LogP contribution in [-0.4, -0.2) is 48.3 Å². The summed E-state index contributed by atoms with van der Waals surface area (Å²) >= 11 is 0. The van der Waals surface area contributed by atoms with Gasteiger partial charge in [0.05, 0.1) is 6.54 Å². The second-order valence-electron chi connectivity index (χ2n) is 7.61. The van der Waals surface area contributed by atoms with Crippen LogP contribution in [0.3, 0.4) is 0 Å². The molecule has 4 rings (SSSR count). The third-order valence-electron chi connectivity index (χ3n) is 4.89. The summed E-state index contributed by atoms with van der Waals surface area (Å²) in [6.07, 6.45) is -12.7. The van der Waals surface area contributed by atoms with Crippen molar-refractivity contribution in [2.24, 2.45) is 0 Å². The highest BCUT2D eigenvalue weighted by atomic mass is 19.4. The van der Waals surface area contributed by atoms with Crippen LogP contribution >= 0.6 is 0 Å². The first-order valence-corrected chi connectivity index (χ1v) is 9.91. The minimum absolute atomic E-state index is 0.244. The van der Waals surface area contributed by atoms with Gasteiger partial charge in [0.15, 0.2) is 11.4 Å². The monoisotopic (exact) mass is 537 g/mol. The highest BCUT2D eigenvalue weighted by molar-refractivity contribution is 5.60. The standard InChI is InChI=1S/C20H12F9N7O/c21-18(22,23)12-3-1-2-11(32-12)14-33-15(31-10-4-6-30-13(8-10)19(24,25)26)35-16(34-14)36-7-5-17(37,9-36)20(27,28)29/h1-8,37H,9H2,(H,30,31,33,34,35)/t17-/m1/s1. The Bertz CT molecular complexity index is 1340. The molecule has 0 saturated heterocycles. The summed E-state index contributed by atoms with van der Waals surface area (Å²) in [7, 11) is 0. The number of anilines is 3. The molecule has 0 spiro atoms. The van der Waals surface area contributed by atoms with E-state index in [0.717, 1.165) is 35.5 Å². The largest absolute Gasteiger partial charge is 0.433 e. The van der Waals surface area contributed by atoms with E-state index >= 15 is 0 Å². The van der Waals surface area contributed by atoms with E-state index in [9.17, 15) is 44.6 Å². The summed E-state index contributed by atoms with van der Waals surface area (Å²) in [5, 5.41) is 12.3.